The molecule has 57 heavy (non-hydrogen) atoms. The van der Waals surface area contributed by atoms with Crippen LogP contribution in [0.5, 0.6) is 17.2 Å². The Labute approximate surface area is 326 Å². The first kappa shape index (κ1) is 44.0. The molecule has 0 aliphatic heterocycles. The molecule has 3 aromatic carbocycles. The molecule has 3 aromatic rings. The molecule has 0 spiro atoms. The summed E-state index contributed by atoms with van der Waals surface area (Å²) in [6.45, 7) is -0.589. The van der Waals surface area contributed by atoms with Gasteiger partial charge in [0.2, 0.25) is 0 Å². The van der Waals surface area contributed by atoms with Crippen LogP contribution in [0.4, 0.5) is 13.2 Å². The quantitative estimate of drug-likeness (QED) is 0.0213. The SMILES string of the molecule is COc1cc(/C=C/C(=O)OCc2cccc(CO[N+](=O)[O-])c2)ccc1OC(=O)CCC/C=C\C[C@@H]1[C@@H](/C=C/[C@@H](O)COc2cccc(C(F)(F)F)c2)[C@H](O)C[C@@H]1O. The predicted octanol–water partition coefficient (Wildman–Crippen LogP) is 6.55. The van der Waals surface area contributed by atoms with Gasteiger partial charge < -0.3 is 39.1 Å². The van der Waals surface area contributed by atoms with Gasteiger partial charge in [-0.3, -0.25) is 4.79 Å². The highest BCUT2D eigenvalue weighted by Crippen LogP contribution is 2.37. The van der Waals surface area contributed by atoms with Crippen LogP contribution in [-0.4, -0.2) is 64.4 Å². The van der Waals surface area contributed by atoms with Crippen molar-refractivity contribution in [3.8, 4) is 17.2 Å². The first-order chi connectivity index (χ1) is 27.2. The monoisotopic (exact) mass is 799 g/mol. The number of hydrogen-bond acceptors (Lipinski definition) is 12. The van der Waals surface area contributed by atoms with E-state index in [2.05, 4.69) is 4.84 Å². The molecule has 13 nitrogen and oxygen atoms in total. The van der Waals surface area contributed by atoms with Crippen LogP contribution < -0.4 is 14.2 Å². The molecule has 1 saturated carbocycles. The van der Waals surface area contributed by atoms with Crippen LogP contribution in [0.3, 0.4) is 0 Å². The van der Waals surface area contributed by atoms with Crippen molar-refractivity contribution in [3.63, 3.8) is 0 Å². The number of halogens is 3. The van der Waals surface area contributed by atoms with Gasteiger partial charge in [-0.2, -0.15) is 13.2 Å². The number of methoxy groups -OCH3 is 1. The number of allylic oxidation sites excluding steroid dienone is 2. The second-order valence-electron chi connectivity index (χ2n) is 13.1. The Balaban J connectivity index is 1.18. The van der Waals surface area contributed by atoms with Crippen molar-refractivity contribution >= 4 is 18.0 Å². The summed E-state index contributed by atoms with van der Waals surface area (Å²) < 4.78 is 60.3. The third kappa shape index (κ3) is 14.7. The zero-order chi connectivity index (χ0) is 41.4. The standard InChI is InChI=1S/C41H44F3NO12/c1-53-38-21-27(15-19-39(49)55-24-28-8-6-9-29(20-28)25-56-45(51)52)14-18-37(38)57-40(50)13-5-3-2-4-12-33-34(36(48)23-35(33)47)17-16-31(46)26-54-32-11-7-10-30(22-32)41(42,43)44/h2,4,6-11,14-22,31,33-36,46-48H,3,5,12-13,23-26H2,1H3/b4-2-,17-16+,19-15+/t31-,33-,34-,35+,36-/m1/s1. The van der Waals surface area contributed by atoms with E-state index in [1.54, 1.807) is 42.5 Å². The summed E-state index contributed by atoms with van der Waals surface area (Å²) in [7, 11) is 1.41. The summed E-state index contributed by atoms with van der Waals surface area (Å²) in [5, 5.41) is 40.9. The zero-order valence-electron chi connectivity index (χ0n) is 31.0. The summed E-state index contributed by atoms with van der Waals surface area (Å²) in [5.41, 5.74) is 0.878. The summed E-state index contributed by atoms with van der Waals surface area (Å²) in [4.78, 5) is 39.6. The second kappa shape index (κ2) is 21.6. The Morgan fingerprint density at radius 1 is 0.982 bits per heavy atom. The molecule has 0 amide bonds. The van der Waals surface area contributed by atoms with Gasteiger partial charge in [-0.05, 0) is 78.3 Å². The first-order valence-corrected chi connectivity index (χ1v) is 18.0. The van der Waals surface area contributed by atoms with E-state index in [9.17, 15) is 48.2 Å². The number of alkyl halides is 3. The highest BCUT2D eigenvalue weighted by molar-refractivity contribution is 5.87. The number of benzene rings is 3. The average molecular weight is 800 g/mol. The van der Waals surface area contributed by atoms with Gasteiger partial charge in [0.05, 0.1) is 24.9 Å². The van der Waals surface area contributed by atoms with Gasteiger partial charge in [-0.25, -0.2) is 4.79 Å². The van der Waals surface area contributed by atoms with Crippen LogP contribution in [0.15, 0.2) is 97.1 Å². The molecule has 1 aliphatic rings. The molecule has 4 rings (SSSR count). The van der Waals surface area contributed by atoms with E-state index in [0.717, 1.165) is 12.1 Å². The lowest BCUT2D eigenvalue weighted by molar-refractivity contribution is -0.763. The Hall–Kier alpha value is -5.71. The highest BCUT2D eigenvalue weighted by atomic mass is 19.4. The minimum absolute atomic E-state index is 0.0460. The third-order valence-corrected chi connectivity index (χ3v) is 8.91. The van der Waals surface area contributed by atoms with Crippen molar-refractivity contribution in [1.29, 1.82) is 0 Å². The molecule has 306 valence electrons. The van der Waals surface area contributed by atoms with E-state index in [-0.39, 0.29) is 55.8 Å². The number of hydrogen-bond donors (Lipinski definition) is 3. The second-order valence-corrected chi connectivity index (χ2v) is 13.1. The van der Waals surface area contributed by atoms with Crippen molar-refractivity contribution < 1.29 is 67.0 Å². The minimum atomic E-state index is -4.53. The lowest BCUT2D eigenvalue weighted by atomic mass is 9.89. The van der Waals surface area contributed by atoms with E-state index < -0.39 is 53.0 Å². The van der Waals surface area contributed by atoms with Crippen molar-refractivity contribution in [3.05, 3.63) is 129 Å². The molecule has 0 aromatic heterocycles. The smallest absolute Gasteiger partial charge is 0.416 e. The van der Waals surface area contributed by atoms with Crippen LogP contribution in [0.25, 0.3) is 6.08 Å². The molecule has 1 fully saturated rings. The van der Waals surface area contributed by atoms with Crippen molar-refractivity contribution in [2.24, 2.45) is 11.8 Å². The van der Waals surface area contributed by atoms with Crippen molar-refractivity contribution in [2.75, 3.05) is 13.7 Å². The fourth-order valence-electron chi connectivity index (χ4n) is 6.05. The van der Waals surface area contributed by atoms with Gasteiger partial charge in [-0.15, -0.1) is 10.1 Å². The van der Waals surface area contributed by atoms with E-state index in [4.69, 9.17) is 18.9 Å². The number of aliphatic hydroxyl groups excluding tert-OH is 3. The lowest BCUT2D eigenvalue weighted by Gasteiger charge is -2.19. The number of carbonyl (C=O) groups excluding carboxylic acids is 2. The van der Waals surface area contributed by atoms with E-state index in [0.29, 0.717) is 36.0 Å². The fourth-order valence-corrected chi connectivity index (χ4v) is 6.05. The summed E-state index contributed by atoms with van der Waals surface area (Å²) in [6.07, 6.45) is 3.75. The Morgan fingerprint density at radius 3 is 2.47 bits per heavy atom. The number of aliphatic hydroxyl groups is 3. The van der Waals surface area contributed by atoms with Crippen LogP contribution in [0.2, 0.25) is 0 Å². The molecular formula is C41H44F3NO12. The number of ether oxygens (including phenoxy) is 4. The maximum Gasteiger partial charge on any atom is 0.416 e. The summed E-state index contributed by atoms with van der Waals surface area (Å²) >= 11 is 0. The molecule has 0 heterocycles. The van der Waals surface area contributed by atoms with E-state index in [1.807, 2.05) is 12.2 Å². The topological polar surface area (TPSA) is 184 Å². The number of rotatable bonds is 20. The Bertz CT molecular complexity index is 1900. The molecule has 0 radical (unpaired) electrons. The van der Waals surface area contributed by atoms with Crippen LogP contribution in [0.1, 0.15) is 54.4 Å². The van der Waals surface area contributed by atoms with Crippen LogP contribution in [0, 0.1) is 22.0 Å². The van der Waals surface area contributed by atoms with Crippen LogP contribution >= 0.6 is 0 Å². The lowest BCUT2D eigenvalue weighted by Crippen LogP contribution is -2.21. The molecule has 0 bridgehead atoms. The van der Waals surface area contributed by atoms with Crippen molar-refractivity contribution in [1.82, 2.24) is 0 Å². The van der Waals surface area contributed by atoms with Gasteiger partial charge in [0.1, 0.15) is 31.7 Å². The molecule has 3 N–H and O–H groups in total. The van der Waals surface area contributed by atoms with Gasteiger partial charge >= 0.3 is 18.1 Å². The number of esters is 2. The summed E-state index contributed by atoms with van der Waals surface area (Å²) in [6, 6.07) is 15.7. The predicted molar refractivity (Wildman–Crippen MR) is 199 cm³/mol. The largest absolute Gasteiger partial charge is 0.493 e. The van der Waals surface area contributed by atoms with Gasteiger partial charge in [0.25, 0.3) is 5.09 Å². The normalized spacial score (nSPS) is 18.9. The summed E-state index contributed by atoms with van der Waals surface area (Å²) in [5.74, 6) is -1.52. The Morgan fingerprint density at radius 2 is 1.74 bits per heavy atom. The number of carbonyl (C=O) groups is 2. The highest BCUT2D eigenvalue weighted by Gasteiger charge is 2.39. The van der Waals surface area contributed by atoms with E-state index >= 15 is 0 Å². The zero-order valence-corrected chi connectivity index (χ0v) is 31.0. The minimum Gasteiger partial charge on any atom is -0.493 e. The molecule has 16 heteroatoms. The van der Waals surface area contributed by atoms with Gasteiger partial charge in [0.15, 0.2) is 11.5 Å². The third-order valence-electron chi connectivity index (χ3n) is 8.91. The first-order valence-electron chi connectivity index (χ1n) is 18.0. The van der Waals surface area contributed by atoms with E-state index in [1.165, 1.54) is 43.5 Å². The maximum absolute atomic E-state index is 13.0. The molecule has 1 aliphatic carbocycles. The van der Waals surface area contributed by atoms with Crippen LogP contribution in [-0.2, 0) is 38.6 Å². The fraction of sp³-hybridized carbons (Fsp3) is 0.366. The molecule has 0 unspecified atom stereocenters. The van der Waals surface area contributed by atoms with Gasteiger partial charge in [-0.1, -0.05) is 60.7 Å². The van der Waals surface area contributed by atoms with Gasteiger partial charge in [0, 0.05) is 24.8 Å². The number of nitrogens with zero attached hydrogens (tertiary/aromatic N) is 1. The maximum atomic E-state index is 13.0. The van der Waals surface area contributed by atoms with Crippen molar-refractivity contribution in [2.45, 2.75) is 69.8 Å². The average Bonchev–Trinajstić information content (AvgIpc) is 3.45. The molecule has 5 atom stereocenters. The Kier molecular flexibility index (Phi) is 16.6. The number of unbranched alkanes of at least 4 members (excludes halogenated alkanes) is 1. The molecule has 0 saturated heterocycles. The molecular weight excluding hydrogens is 755 g/mol.